The second-order valence-corrected chi connectivity index (χ2v) is 8.18. The van der Waals surface area contributed by atoms with E-state index in [0.717, 1.165) is 43.5 Å². The predicted octanol–water partition coefficient (Wildman–Crippen LogP) is 3.82. The van der Waals surface area contributed by atoms with E-state index in [9.17, 15) is 0 Å². The van der Waals surface area contributed by atoms with Gasteiger partial charge in [0.25, 0.3) is 0 Å². The summed E-state index contributed by atoms with van der Waals surface area (Å²) in [6.07, 6.45) is 11.6. The summed E-state index contributed by atoms with van der Waals surface area (Å²) in [4.78, 5) is 9.35. The molecule has 4 rings (SSSR count). The molecule has 0 radical (unpaired) electrons. The molecule has 0 aromatic carbocycles. The molecule has 0 aliphatic rings. The van der Waals surface area contributed by atoms with Gasteiger partial charge < -0.3 is 4.98 Å². The molecular formula is C24H24N6S. The first-order valence-corrected chi connectivity index (χ1v) is 10.7. The van der Waals surface area contributed by atoms with E-state index in [-0.39, 0.29) is 0 Å². The number of aryl methyl sites for hydroxylation is 2. The van der Waals surface area contributed by atoms with Gasteiger partial charge in [-0.05, 0) is 36.9 Å². The molecular weight excluding hydrogens is 404 g/mol. The number of H-pyrrole nitrogens is 2. The van der Waals surface area contributed by atoms with E-state index in [1.807, 2.05) is 57.6 Å². The minimum atomic E-state index is 0.688. The average molecular weight is 429 g/mol. The smallest absolute Gasteiger partial charge is 0.159 e. The highest BCUT2D eigenvalue weighted by molar-refractivity contribution is 7.11. The molecule has 0 saturated heterocycles. The lowest BCUT2D eigenvalue weighted by Crippen LogP contribution is -2.21. The van der Waals surface area contributed by atoms with Crippen LogP contribution in [0.2, 0.25) is 0 Å². The first-order chi connectivity index (χ1) is 15.0. The summed E-state index contributed by atoms with van der Waals surface area (Å²) in [5.41, 5.74) is 5.78. The minimum Gasteiger partial charge on any atom is -0.340 e. The van der Waals surface area contributed by atoms with Gasteiger partial charge in [-0.2, -0.15) is 10.2 Å². The normalized spacial score (nSPS) is 13.2. The summed E-state index contributed by atoms with van der Waals surface area (Å²) in [6.45, 7) is 12.1. The van der Waals surface area contributed by atoms with Crippen molar-refractivity contribution in [2.45, 2.75) is 13.8 Å². The number of hydrogen-bond donors (Lipinski definition) is 2. The molecule has 0 unspecified atom stereocenters. The van der Waals surface area contributed by atoms with Crippen LogP contribution in [0.5, 0.6) is 0 Å². The molecule has 0 atom stereocenters. The number of aromatic nitrogens is 6. The fourth-order valence-corrected chi connectivity index (χ4v) is 4.06. The summed E-state index contributed by atoms with van der Waals surface area (Å²) < 4.78 is 1.79. The van der Waals surface area contributed by atoms with E-state index in [0.29, 0.717) is 11.5 Å². The molecule has 2 N–H and O–H groups in total. The number of nitrogens with one attached hydrogen (secondary N) is 2. The molecule has 156 valence electrons. The Morgan fingerprint density at radius 3 is 2.81 bits per heavy atom. The standard InChI is InChI=1S/C24H24N6S/c1-6-8-19(21-9-7-12-31-21)23-17(4)26-24(27-23)22-16(3)20(28-29-22)11-10-15(2)18-13-25-30(5)14-18/h6-14,28H,1,3H2,2,4-5H3,(H,26,27)/b15-10+,19-8-,20-11+. The Morgan fingerprint density at radius 1 is 1.29 bits per heavy atom. The molecule has 4 aromatic heterocycles. The largest absolute Gasteiger partial charge is 0.340 e. The van der Waals surface area contributed by atoms with E-state index in [2.05, 4.69) is 44.9 Å². The molecule has 0 spiro atoms. The number of aromatic amines is 2. The maximum absolute atomic E-state index is 4.85. The Hall–Kier alpha value is -3.71. The molecule has 6 nitrogen and oxygen atoms in total. The third-order valence-corrected chi connectivity index (χ3v) is 5.90. The van der Waals surface area contributed by atoms with Crippen LogP contribution in [0.1, 0.15) is 28.8 Å². The van der Waals surface area contributed by atoms with Crippen molar-refractivity contribution >= 4 is 35.1 Å². The quantitative estimate of drug-likeness (QED) is 0.459. The maximum Gasteiger partial charge on any atom is 0.159 e. The van der Waals surface area contributed by atoms with Crippen molar-refractivity contribution in [3.05, 3.63) is 87.1 Å². The summed E-state index contributed by atoms with van der Waals surface area (Å²) in [5.74, 6) is 0.688. The van der Waals surface area contributed by atoms with Crippen LogP contribution >= 0.6 is 11.3 Å². The first kappa shape index (κ1) is 20.6. The zero-order chi connectivity index (χ0) is 22.0. The van der Waals surface area contributed by atoms with Gasteiger partial charge in [0.2, 0.25) is 0 Å². The molecule has 0 saturated carbocycles. The van der Waals surface area contributed by atoms with Crippen LogP contribution in [0.3, 0.4) is 0 Å². The lowest BCUT2D eigenvalue weighted by atomic mass is 10.1. The number of imidazole rings is 1. The van der Waals surface area contributed by atoms with Crippen LogP contribution in [0, 0.1) is 6.92 Å². The van der Waals surface area contributed by atoms with Gasteiger partial charge in [0.05, 0.1) is 17.2 Å². The van der Waals surface area contributed by atoms with Crippen molar-refractivity contribution in [3.63, 3.8) is 0 Å². The Morgan fingerprint density at radius 2 is 2.13 bits per heavy atom. The SMILES string of the molecule is C=C/C=C(/c1cccs1)c1nc(-c2n[nH]/c(=C/C=C(\C)c3cnn(C)c3)c2=C)[nH]c1C. The molecule has 0 bridgehead atoms. The molecule has 0 fully saturated rings. The number of rotatable bonds is 6. The van der Waals surface area contributed by atoms with Gasteiger partial charge in [0.15, 0.2) is 5.82 Å². The number of thiophene rings is 1. The molecule has 0 aliphatic heterocycles. The zero-order valence-corrected chi connectivity index (χ0v) is 18.6. The van der Waals surface area contributed by atoms with Crippen molar-refractivity contribution in [2.75, 3.05) is 0 Å². The van der Waals surface area contributed by atoms with Gasteiger partial charge in [-0.15, -0.1) is 11.3 Å². The fourth-order valence-electron chi connectivity index (χ4n) is 3.30. The van der Waals surface area contributed by atoms with Crippen LogP contribution in [-0.2, 0) is 7.05 Å². The molecule has 4 aromatic rings. The Bertz CT molecular complexity index is 1390. The van der Waals surface area contributed by atoms with Crippen LogP contribution in [-0.4, -0.2) is 29.9 Å². The second kappa shape index (κ2) is 8.57. The van der Waals surface area contributed by atoms with Crippen LogP contribution in [0.15, 0.2) is 54.7 Å². The third-order valence-electron chi connectivity index (χ3n) is 4.99. The summed E-state index contributed by atoms with van der Waals surface area (Å²) in [7, 11) is 1.91. The first-order valence-electron chi connectivity index (χ1n) is 9.83. The van der Waals surface area contributed by atoms with Gasteiger partial charge in [0, 0.05) is 40.2 Å². The summed E-state index contributed by atoms with van der Waals surface area (Å²) in [6, 6.07) is 4.11. The van der Waals surface area contributed by atoms with Crippen molar-refractivity contribution in [3.8, 4) is 11.5 Å². The van der Waals surface area contributed by atoms with Gasteiger partial charge in [-0.25, -0.2) is 4.98 Å². The lowest BCUT2D eigenvalue weighted by molar-refractivity contribution is 0.767. The van der Waals surface area contributed by atoms with Crippen molar-refractivity contribution in [1.82, 2.24) is 29.9 Å². The third kappa shape index (κ3) is 4.13. The lowest BCUT2D eigenvalue weighted by Gasteiger charge is -2.01. The van der Waals surface area contributed by atoms with Gasteiger partial charge in [-0.3, -0.25) is 9.78 Å². The molecule has 4 heterocycles. The second-order valence-electron chi connectivity index (χ2n) is 7.24. The van der Waals surface area contributed by atoms with E-state index >= 15 is 0 Å². The number of hydrogen-bond acceptors (Lipinski definition) is 4. The topological polar surface area (TPSA) is 75.2 Å². The monoisotopic (exact) mass is 428 g/mol. The zero-order valence-electron chi connectivity index (χ0n) is 17.8. The Balaban J connectivity index is 1.70. The van der Waals surface area contributed by atoms with Crippen LogP contribution < -0.4 is 10.6 Å². The summed E-state index contributed by atoms with van der Waals surface area (Å²) in [5, 5.41) is 15.4. The maximum atomic E-state index is 4.85. The number of allylic oxidation sites excluding steroid dienone is 4. The highest BCUT2D eigenvalue weighted by Gasteiger charge is 2.16. The highest BCUT2D eigenvalue weighted by Crippen LogP contribution is 2.29. The minimum absolute atomic E-state index is 0.688. The average Bonchev–Trinajstić information content (AvgIpc) is 3.53. The van der Waals surface area contributed by atoms with Gasteiger partial charge in [0.1, 0.15) is 5.69 Å². The van der Waals surface area contributed by atoms with Crippen molar-refractivity contribution in [1.29, 1.82) is 0 Å². The van der Waals surface area contributed by atoms with Crippen molar-refractivity contribution < 1.29 is 0 Å². The molecule has 0 aliphatic carbocycles. The van der Waals surface area contributed by atoms with E-state index < -0.39 is 0 Å². The summed E-state index contributed by atoms with van der Waals surface area (Å²) >= 11 is 1.67. The molecule has 0 amide bonds. The van der Waals surface area contributed by atoms with E-state index in [1.165, 1.54) is 0 Å². The Kier molecular flexibility index (Phi) is 5.68. The molecule has 31 heavy (non-hydrogen) atoms. The van der Waals surface area contributed by atoms with E-state index in [4.69, 9.17) is 4.98 Å². The van der Waals surface area contributed by atoms with Crippen LogP contribution in [0.4, 0.5) is 0 Å². The van der Waals surface area contributed by atoms with Crippen molar-refractivity contribution in [2.24, 2.45) is 7.05 Å². The van der Waals surface area contributed by atoms with Gasteiger partial charge in [-0.1, -0.05) is 37.5 Å². The number of nitrogens with zero attached hydrogens (tertiary/aromatic N) is 4. The molecule has 7 heteroatoms. The highest BCUT2D eigenvalue weighted by atomic mass is 32.1. The fraction of sp³-hybridized carbons (Fsp3) is 0.125. The van der Waals surface area contributed by atoms with Crippen LogP contribution in [0.25, 0.3) is 35.3 Å². The van der Waals surface area contributed by atoms with E-state index in [1.54, 1.807) is 22.1 Å². The predicted molar refractivity (Wildman–Crippen MR) is 129 cm³/mol. The van der Waals surface area contributed by atoms with Gasteiger partial charge >= 0.3 is 0 Å². The Labute approximate surface area is 184 Å².